The molecule has 1 amide bonds. The minimum absolute atomic E-state index is 0.101. The van der Waals surface area contributed by atoms with Crippen LogP contribution in [0.1, 0.15) is 6.92 Å². The van der Waals surface area contributed by atoms with Gasteiger partial charge in [0.05, 0.1) is 6.61 Å². The second-order valence-corrected chi connectivity index (χ2v) is 4.12. The Morgan fingerprint density at radius 2 is 2.27 bits per heavy atom. The van der Waals surface area contributed by atoms with E-state index in [0.717, 1.165) is 0 Å². The van der Waals surface area contributed by atoms with E-state index in [1.165, 1.54) is 18.3 Å². The van der Waals surface area contributed by atoms with E-state index in [4.69, 9.17) is 0 Å². The zero-order valence-corrected chi connectivity index (χ0v) is 8.82. The molecule has 82 valence electrons. The van der Waals surface area contributed by atoms with Crippen LogP contribution >= 0.6 is 0 Å². The first-order chi connectivity index (χ1) is 7.06. The minimum atomic E-state index is -3.92. The molecular formula is C8H10N2O4S. The monoisotopic (exact) mass is 230 g/mol. The number of aromatic nitrogens is 1. The van der Waals surface area contributed by atoms with Crippen LogP contribution < -0.4 is 4.72 Å². The van der Waals surface area contributed by atoms with E-state index < -0.39 is 16.1 Å². The number of rotatable bonds is 3. The topological polar surface area (TPSA) is 85.4 Å². The number of carbonyl (C=O) groups excluding carboxylic acids is 1. The Kier molecular flexibility index (Phi) is 3.62. The van der Waals surface area contributed by atoms with Crippen LogP contribution in [0.4, 0.5) is 4.79 Å². The minimum Gasteiger partial charge on any atom is -0.449 e. The maximum absolute atomic E-state index is 11.4. The number of ether oxygens (including phenoxy) is 1. The van der Waals surface area contributed by atoms with Gasteiger partial charge in [0.25, 0.3) is 10.0 Å². The molecule has 0 aliphatic heterocycles. The van der Waals surface area contributed by atoms with Gasteiger partial charge < -0.3 is 4.74 Å². The molecule has 1 aromatic heterocycles. The van der Waals surface area contributed by atoms with Crippen molar-refractivity contribution in [2.75, 3.05) is 6.61 Å². The van der Waals surface area contributed by atoms with Crippen molar-refractivity contribution in [2.45, 2.75) is 11.9 Å². The predicted molar refractivity (Wildman–Crippen MR) is 51.6 cm³/mol. The molecule has 0 atom stereocenters. The standard InChI is InChI=1S/C8H10N2O4S/c1-2-14-8(11)10-15(12,13)7-5-3-4-6-9-7/h3-6H,2H2,1H3,(H,10,11). The summed E-state index contributed by atoms with van der Waals surface area (Å²) in [6.45, 7) is 1.68. The van der Waals surface area contributed by atoms with Crippen LogP contribution in [0.3, 0.4) is 0 Å². The average Bonchev–Trinajstić information content (AvgIpc) is 2.18. The van der Waals surface area contributed by atoms with E-state index in [1.807, 2.05) is 0 Å². The molecule has 0 bridgehead atoms. The Labute approximate surface area is 87.3 Å². The van der Waals surface area contributed by atoms with E-state index in [2.05, 4.69) is 9.72 Å². The van der Waals surface area contributed by atoms with Gasteiger partial charge in [0.2, 0.25) is 0 Å². The van der Waals surface area contributed by atoms with Crippen molar-refractivity contribution in [3.63, 3.8) is 0 Å². The number of pyridine rings is 1. The molecule has 0 fully saturated rings. The fraction of sp³-hybridized carbons (Fsp3) is 0.250. The molecular weight excluding hydrogens is 220 g/mol. The smallest absolute Gasteiger partial charge is 0.421 e. The molecule has 7 heteroatoms. The van der Waals surface area contributed by atoms with Crippen molar-refractivity contribution in [3.8, 4) is 0 Å². The molecule has 6 nitrogen and oxygen atoms in total. The summed E-state index contributed by atoms with van der Waals surface area (Å²) in [7, 11) is -3.92. The Balaban J connectivity index is 2.81. The summed E-state index contributed by atoms with van der Waals surface area (Å²) < 4.78 is 29.1. The second-order valence-electron chi connectivity index (χ2n) is 2.49. The molecule has 15 heavy (non-hydrogen) atoms. The van der Waals surface area contributed by atoms with Gasteiger partial charge in [0.15, 0.2) is 5.03 Å². The van der Waals surface area contributed by atoms with E-state index in [0.29, 0.717) is 0 Å². The number of carbonyl (C=O) groups is 1. The van der Waals surface area contributed by atoms with Crippen LogP contribution in [0.2, 0.25) is 0 Å². The third-order valence-electron chi connectivity index (χ3n) is 1.41. The summed E-state index contributed by atoms with van der Waals surface area (Å²) in [6, 6.07) is 4.36. The molecule has 0 unspecified atom stereocenters. The maximum atomic E-state index is 11.4. The first kappa shape index (κ1) is 11.4. The van der Waals surface area contributed by atoms with E-state index >= 15 is 0 Å². The van der Waals surface area contributed by atoms with E-state index in [9.17, 15) is 13.2 Å². The van der Waals surface area contributed by atoms with Crippen LogP contribution in [0.25, 0.3) is 0 Å². The van der Waals surface area contributed by atoms with Crippen molar-refractivity contribution in [1.29, 1.82) is 0 Å². The molecule has 0 spiro atoms. The number of hydrogen-bond acceptors (Lipinski definition) is 5. The molecule has 1 rings (SSSR count). The lowest BCUT2D eigenvalue weighted by Crippen LogP contribution is -2.31. The Morgan fingerprint density at radius 3 is 2.80 bits per heavy atom. The van der Waals surface area contributed by atoms with Crippen LogP contribution in [0.15, 0.2) is 29.4 Å². The van der Waals surface area contributed by atoms with Crippen LogP contribution in [0, 0.1) is 0 Å². The van der Waals surface area contributed by atoms with Gasteiger partial charge in [-0.05, 0) is 19.1 Å². The van der Waals surface area contributed by atoms with Gasteiger partial charge in [0.1, 0.15) is 0 Å². The maximum Gasteiger partial charge on any atom is 0.421 e. The molecule has 1 N–H and O–H groups in total. The lowest BCUT2D eigenvalue weighted by atomic mass is 10.5. The Bertz CT molecular complexity index is 429. The van der Waals surface area contributed by atoms with Crippen molar-refractivity contribution in [2.24, 2.45) is 0 Å². The number of amides is 1. The summed E-state index contributed by atoms with van der Waals surface area (Å²) in [6.07, 6.45) is 0.308. The summed E-state index contributed by atoms with van der Waals surface area (Å²) in [5.41, 5.74) is 0. The highest BCUT2D eigenvalue weighted by Crippen LogP contribution is 2.02. The number of nitrogens with one attached hydrogen (secondary N) is 1. The highest BCUT2D eigenvalue weighted by molar-refractivity contribution is 7.90. The fourth-order valence-corrected chi connectivity index (χ4v) is 1.67. The van der Waals surface area contributed by atoms with Crippen molar-refractivity contribution < 1.29 is 17.9 Å². The van der Waals surface area contributed by atoms with Crippen LogP contribution in [-0.4, -0.2) is 26.1 Å². The summed E-state index contributed by atoms with van der Waals surface area (Å²) in [4.78, 5) is 14.5. The second kappa shape index (κ2) is 4.74. The Morgan fingerprint density at radius 1 is 1.53 bits per heavy atom. The number of sulfonamides is 1. The van der Waals surface area contributed by atoms with E-state index in [1.54, 1.807) is 17.7 Å². The summed E-state index contributed by atoms with van der Waals surface area (Å²) in [5, 5.41) is -0.224. The lowest BCUT2D eigenvalue weighted by molar-refractivity contribution is 0.158. The first-order valence-corrected chi connectivity index (χ1v) is 5.65. The molecule has 0 radical (unpaired) electrons. The molecule has 0 saturated heterocycles. The molecule has 1 heterocycles. The summed E-state index contributed by atoms with van der Waals surface area (Å²) >= 11 is 0. The van der Waals surface area contributed by atoms with Crippen LogP contribution in [0.5, 0.6) is 0 Å². The Hall–Kier alpha value is -1.63. The zero-order valence-electron chi connectivity index (χ0n) is 8.00. The first-order valence-electron chi connectivity index (χ1n) is 4.17. The number of hydrogen-bond donors (Lipinski definition) is 1. The fourth-order valence-electron chi connectivity index (χ4n) is 0.829. The third-order valence-corrected chi connectivity index (χ3v) is 2.63. The lowest BCUT2D eigenvalue weighted by Gasteiger charge is -2.05. The van der Waals surface area contributed by atoms with Gasteiger partial charge in [0, 0.05) is 6.20 Å². The normalized spacial score (nSPS) is 10.7. The van der Waals surface area contributed by atoms with E-state index in [-0.39, 0.29) is 11.6 Å². The molecule has 0 aliphatic rings. The van der Waals surface area contributed by atoms with Gasteiger partial charge >= 0.3 is 6.09 Å². The molecule has 0 aromatic carbocycles. The number of nitrogens with zero attached hydrogens (tertiary/aromatic N) is 1. The van der Waals surface area contributed by atoms with Crippen molar-refractivity contribution in [1.82, 2.24) is 9.71 Å². The highest BCUT2D eigenvalue weighted by atomic mass is 32.2. The van der Waals surface area contributed by atoms with Gasteiger partial charge in [-0.1, -0.05) is 6.07 Å². The van der Waals surface area contributed by atoms with Crippen molar-refractivity contribution >= 4 is 16.1 Å². The van der Waals surface area contributed by atoms with Gasteiger partial charge in [-0.2, -0.15) is 8.42 Å². The molecule has 0 aliphatic carbocycles. The summed E-state index contributed by atoms with van der Waals surface area (Å²) in [5.74, 6) is 0. The van der Waals surface area contributed by atoms with Crippen molar-refractivity contribution in [3.05, 3.63) is 24.4 Å². The van der Waals surface area contributed by atoms with Gasteiger partial charge in [-0.25, -0.2) is 14.5 Å². The largest absolute Gasteiger partial charge is 0.449 e. The van der Waals surface area contributed by atoms with Crippen LogP contribution in [-0.2, 0) is 14.8 Å². The van der Waals surface area contributed by atoms with Gasteiger partial charge in [-0.15, -0.1) is 0 Å². The highest BCUT2D eigenvalue weighted by Gasteiger charge is 2.18. The van der Waals surface area contributed by atoms with Gasteiger partial charge in [-0.3, -0.25) is 0 Å². The average molecular weight is 230 g/mol. The quantitative estimate of drug-likeness (QED) is 0.818. The molecule has 0 saturated carbocycles. The predicted octanol–water partition coefficient (Wildman–Crippen LogP) is 0.516. The zero-order chi connectivity index (χ0) is 11.3. The SMILES string of the molecule is CCOC(=O)NS(=O)(=O)c1ccccn1. The third kappa shape index (κ3) is 3.21. The molecule has 1 aromatic rings.